The maximum absolute atomic E-state index is 6.08. The number of methoxy groups -OCH3 is 1. The molecule has 1 aliphatic carbocycles. The van der Waals surface area contributed by atoms with Gasteiger partial charge in [-0.05, 0) is 43.4 Å². The summed E-state index contributed by atoms with van der Waals surface area (Å²) in [5, 5.41) is 0. The molecular weight excluding hydrogens is 238 g/mol. The lowest BCUT2D eigenvalue weighted by molar-refractivity contribution is 0.0168. The SMILES string of the molecule is COc1cc(CCO[C@@H]2CCCC[C@H]2N)ccc1C. The fraction of sp³-hybridized carbons (Fsp3) is 0.625. The van der Waals surface area contributed by atoms with Crippen LogP contribution in [-0.2, 0) is 11.2 Å². The van der Waals surface area contributed by atoms with Gasteiger partial charge in [0.2, 0.25) is 0 Å². The Hall–Kier alpha value is -1.06. The van der Waals surface area contributed by atoms with Gasteiger partial charge in [-0.25, -0.2) is 0 Å². The summed E-state index contributed by atoms with van der Waals surface area (Å²) in [5.41, 5.74) is 8.50. The Labute approximate surface area is 116 Å². The molecule has 0 aromatic heterocycles. The number of nitrogens with two attached hydrogens (primary N) is 1. The first-order chi connectivity index (χ1) is 9.20. The van der Waals surface area contributed by atoms with Crippen LogP contribution in [0.1, 0.15) is 36.8 Å². The monoisotopic (exact) mass is 263 g/mol. The summed E-state index contributed by atoms with van der Waals surface area (Å²) in [6.07, 6.45) is 5.87. The summed E-state index contributed by atoms with van der Waals surface area (Å²) in [6.45, 7) is 2.80. The van der Waals surface area contributed by atoms with Crippen molar-refractivity contribution < 1.29 is 9.47 Å². The molecule has 2 rings (SSSR count). The number of benzene rings is 1. The third-order valence-corrected chi connectivity index (χ3v) is 3.95. The smallest absolute Gasteiger partial charge is 0.122 e. The second-order valence-electron chi connectivity index (χ2n) is 5.41. The van der Waals surface area contributed by atoms with Crippen LogP contribution in [0.4, 0.5) is 0 Å². The van der Waals surface area contributed by atoms with E-state index in [4.69, 9.17) is 15.2 Å². The fourth-order valence-corrected chi connectivity index (χ4v) is 2.68. The number of aryl methyl sites for hydroxylation is 1. The standard InChI is InChI=1S/C16H25NO2/c1-12-7-8-13(11-16(12)18-2)9-10-19-15-6-4-3-5-14(15)17/h7-8,11,14-15H,3-6,9-10,17H2,1-2H3/t14-,15-/m1/s1. The minimum Gasteiger partial charge on any atom is -0.496 e. The Morgan fingerprint density at radius 2 is 2.05 bits per heavy atom. The first kappa shape index (κ1) is 14.4. The molecule has 1 fully saturated rings. The summed E-state index contributed by atoms with van der Waals surface area (Å²) in [5.74, 6) is 0.951. The molecule has 3 nitrogen and oxygen atoms in total. The van der Waals surface area contributed by atoms with Gasteiger partial charge in [0.25, 0.3) is 0 Å². The Morgan fingerprint density at radius 1 is 1.26 bits per heavy atom. The van der Waals surface area contributed by atoms with Crippen molar-refractivity contribution in [1.82, 2.24) is 0 Å². The van der Waals surface area contributed by atoms with Crippen molar-refractivity contribution in [3.63, 3.8) is 0 Å². The van der Waals surface area contributed by atoms with Crippen molar-refractivity contribution in [2.75, 3.05) is 13.7 Å². The van der Waals surface area contributed by atoms with E-state index in [1.54, 1.807) is 7.11 Å². The van der Waals surface area contributed by atoms with Crippen LogP contribution < -0.4 is 10.5 Å². The van der Waals surface area contributed by atoms with Crippen molar-refractivity contribution in [3.05, 3.63) is 29.3 Å². The van der Waals surface area contributed by atoms with Crippen LogP contribution in [0.2, 0.25) is 0 Å². The van der Waals surface area contributed by atoms with Crippen LogP contribution in [0.15, 0.2) is 18.2 Å². The molecule has 3 heteroatoms. The average molecular weight is 263 g/mol. The zero-order valence-corrected chi connectivity index (χ0v) is 12.0. The van der Waals surface area contributed by atoms with Crippen LogP contribution in [0.5, 0.6) is 5.75 Å². The van der Waals surface area contributed by atoms with Gasteiger partial charge in [0.15, 0.2) is 0 Å². The molecule has 0 heterocycles. The molecule has 1 aromatic carbocycles. The zero-order chi connectivity index (χ0) is 13.7. The van der Waals surface area contributed by atoms with Crippen LogP contribution in [-0.4, -0.2) is 25.9 Å². The van der Waals surface area contributed by atoms with Gasteiger partial charge in [0, 0.05) is 6.04 Å². The lowest BCUT2D eigenvalue weighted by Gasteiger charge is -2.28. The van der Waals surface area contributed by atoms with Gasteiger partial charge in [0.1, 0.15) is 5.75 Å². The van der Waals surface area contributed by atoms with Gasteiger partial charge in [-0.3, -0.25) is 0 Å². The summed E-state index contributed by atoms with van der Waals surface area (Å²) in [7, 11) is 1.71. The van der Waals surface area contributed by atoms with Crippen LogP contribution >= 0.6 is 0 Å². The predicted molar refractivity (Wildman–Crippen MR) is 77.6 cm³/mol. The highest BCUT2D eigenvalue weighted by atomic mass is 16.5. The van der Waals surface area contributed by atoms with Crippen LogP contribution in [0.25, 0.3) is 0 Å². The molecule has 0 spiro atoms. The Bertz CT molecular complexity index is 406. The fourth-order valence-electron chi connectivity index (χ4n) is 2.68. The largest absolute Gasteiger partial charge is 0.496 e. The minimum atomic E-state index is 0.223. The maximum atomic E-state index is 6.08. The molecule has 2 N–H and O–H groups in total. The highest BCUT2D eigenvalue weighted by molar-refractivity contribution is 5.36. The van der Waals surface area contributed by atoms with Crippen molar-refractivity contribution in [3.8, 4) is 5.75 Å². The number of hydrogen-bond donors (Lipinski definition) is 1. The number of rotatable bonds is 5. The summed E-state index contributed by atoms with van der Waals surface area (Å²) < 4.78 is 11.3. The molecular formula is C16H25NO2. The molecule has 0 saturated heterocycles. The van der Waals surface area contributed by atoms with Gasteiger partial charge in [0.05, 0.1) is 19.8 Å². The molecule has 0 radical (unpaired) electrons. The van der Waals surface area contributed by atoms with Crippen molar-refractivity contribution in [2.24, 2.45) is 5.73 Å². The molecule has 0 bridgehead atoms. The minimum absolute atomic E-state index is 0.223. The molecule has 0 amide bonds. The normalized spacial score (nSPS) is 23.3. The second kappa shape index (κ2) is 6.92. The third-order valence-electron chi connectivity index (χ3n) is 3.95. The lowest BCUT2D eigenvalue weighted by atomic mass is 9.93. The van der Waals surface area contributed by atoms with E-state index in [-0.39, 0.29) is 12.1 Å². The molecule has 0 unspecified atom stereocenters. The molecule has 1 aromatic rings. The number of hydrogen-bond acceptors (Lipinski definition) is 3. The van der Waals surface area contributed by atoms with Gasteiger partial charge < -0.3 is 15.2 Å². The zero-order valence-electron chi connectivity index (χ0n) is 12.0. The molecule has 1 aliphatic rings. The van der Waals surface area contributed by atoms with E-state index >= 15 is 0 Å². The Morgan fingerprint density at radius 3 is 2.79 bits per heavy atom. The molecule has 0 aliphatic heterocycles. The highest BCUT2D eigenvalue weighted by Crippen LogP contribution is 2.21. The van der Waals surface area contributed by atoms with E-state index in [1.807, 2.05) is 0 Å². The van der Waals surface area contributed by atoms with Gasteiger partial charge in [-0.2, -0.15) is 0 Å². The van der Waals surface area contributed by atoms with Crippen molar-refractivity contribution in [2.45, 2.75) is 51.2 Å². The number of ether oxygens (including phenoxy) is 2. The van der Waals surface area contributed by atoms with E-state index in [1.165, 1.54) is 24.0 Å². The van der Waals surface area contributed by atoms with Crippen molar-refractivity contribution in [1.29, 1.82) is 0 Å². The molecule has 106 valence electrons. The highest BCUT2D eigenvalue weighted by Gasteiger charge is 2.21. The van der Waals surface area contributed by atoms with E-state index in [2.05, 4.69) is 25.1 Å². The van der Waals surface area contributed by atoms with Crippen LogP contribution in [0.3, 0.4) is 0 Å². The van der Waals surface area contributed by atoms with E-state index in [9.17, 15) is 0 Å². The second-order valence-corrected chi connectivity index (χ2v) is 5.41. The van der Waals surface area contributed by atoms with Gasteiger partial charge in [-0.1, -0.05) is 25.0 Å². The topological polar surface area (TPSA) is 44.5 Å². The van der Waals surface area contributed by atoms with Gasteiger partial charge in [-0.15, -0.1) is 0 Å². The third kappa shape index (κ3) is 3.95. The molecule has 1 saturated carbocycles. The van der Waals surface area contributed by atoms with Gasteiger partial charge >= 0.3 is 0 Å². The molecule has 19 heavy (non-hydrogen) atoms. The Kier molecular flexibility index (Phi) is 5.23. The Balaban J connectivity index is 1.82. The molecule has 2 atom stereocenters. The van der Waals surface area contributed by atoms with Crippen molar-refractivity contribution >= 4 is 0 Å². The maximum Gasteiger partial charge on any atom is 0.122 e. The summed E-state index contributed by atoms with van der Waals surface area (Å²) in [4.78, 5) is 0. The van der Waals surface area contributed by atoms with E-state index in [0.717, 1.165) is 31.6 Å². The first-order valence-corrected chi connectivity index (χ1v) is 7.21. The lowest BCUT2D eigenvalue weighted by Crippen LogP contribution is -2.39. The first-order valence-electron chi connectivity index (χ1n) is 7.21. The predicted octanol–water partition coefficient (Wildman–Crippen LogP) is 2.83. The summed E-state index contributed by atoms with van der Waals surface area (Å²) in [6, 6.07) is 6.56. The van der Waals surface area contributed by atoms with Crippen LogP contribution in [0, 0.1) is 6.92 Å². The van der Waals surface area contributed by atoms with E-state index in [0.29, 0.717) is 0 Å². The quantitative estimate of drug-likeness (QED) is 0.888. The average Bonchev–Trinajstić information content (AvgIpc) is 2.43. The summed E-state index contributed by atoms with van der Waals surface area (Å²) >= 11 is 0. The van der Waals surface area contributed by atoms with E-state index < -0.39 is 0 Å².